The molecule has 0 aliphatic carbocycles. The van der Waals surface area contributed by atoms with E-state index in [9.17, 15) is 0 Å². The number of unbranched alkanes of at least 4 members (excludes halogenated alkanes) is 3. The molecule has 0 aromatic rings. The van der Waals surface area contributed by atoms with E-state index in [0.717, 1.165) is 18.4 Å². The Balaban J connectivity index is 1.86. The molecular weight excluding hydrogens is 220 g/mol. The van der Waals surface area contributed by atoms with Crippen molar-refractivity contribution in [1.29, 1.82) is 0 Å². The van der Waals surface area contributed by atoms with E-state index in [1.165, 1.54) is 58.0 Å². The van der Waals surface area contributed by atoms with Crippen molar-refractivity contribution in [1.82, 2.24) is 10.6 Å². The van der Waals surface area contributed by atoms with Gasteiger partial charge >= 0.3 is 0 Å². The predicted octanol–water partition coefficient (Wildman–Crippen LogP) is 3.57. The Morgan fingerprint density at radius 1 is 1.17 bits per heavy atom. The zero-order valence-electron chi connectivity index (χ0n) is 12.8. The van der Waals surface area contributed by atoms with Crippen LogP contribution >= 0.6 is 0 Å². The molecule has 1 rings (SSSR count). The van der Waals surface area contributed by atoms with Crippen LogP contribution in [-0.4, -0.2) is 25.7 Å². The lowest BCUT2D eigenvalue weighted by molar-refractivity contribution is 0.290. The van der Waals surface area contributed by atoms with Crippen molar-refractivity contribution < 1.29 is 0 Å². The van der Waals surface area contributed by atoms with Gasteiger partial charge in [0, 0.05) is 12.6 Å². The molecule has 0 spiro atoms. The summed E-state index contributed by atoms with van der Waals surface area (Å²) in [5.41, 5.74) is 0. The Bertz CT molecular complexity index is 192. The van der Waals surface area contributed by atoms with Gasteiger partial charge in [-0.1, -0.05) is 46.5 Å². The van der Waals surface area contributed by atoms with Gasteiger partial charge in [-0.3, -0.25) is 0 Å². The molecule has 1 heterocycles. The van der Waals surface area contributed by atoms with Crippen LogP contribution in [-0.2, 0) is 0 Å². The van der Waals surface area contributed by atoms with Crippen LogP contribution in [0, 0.1) is 11.8 Å². The van der Waals surface area contributed by atoms with Gasteiger partial charge in [-0.05, 0) is 44.2 Å². The zero-order valence-corrected chi connectivity index (χ0v) is 12.8. The van der Waals surface area contributed by atoms with Crippen molar-refractivity contribution >= 4 is 0 Å². The third-order valence-corrected chi connectivity index (χ3v) is 4.18. The molecule has 1 aliphatic heterocycles. The first-order valence-corrected chi connectivity index (χ1v) is 8.14. The molecule has 0 aromatic carbocycles. The summed E-state index contributed by atoms with van der Waals surface area (Å²) in [7, 11) is 0. The summed E-state index contributed by atoms with van der Waals surface area (Å²) in [6.07, 6.45) is 9.72. The maximum atomic E-state index is 3.63. The van der Waals surface area contributed by atoms with Crippen molar-refractivity contribution in [2.45, 2.75) is 71.8 Å². The fourth-order valence-corrected chi connectivity index (χ4v) is 2.80. The van der Waals surface area contributed by atoms with Crippen LogP contribution in [0.5, 0.6) is 0 Å². The molecule has 108 valence electrons. The van der Waals surface area contributed by atoms with Crippen molar-refractivity contribution in [3.8, 4) is 0 Å². The second-order valence-electron chi connectivity index (χ2n) is 6.48. The van der Waals surface area contributed by atoms with Crippen molar-refractivity contribution in [3.05, 3.63) is 0 Å². The highest BCUT2D eigenvalue weighted by Gasteiger charge is 2.19. The number of hydrogen-bond donors (Lipinski definition) is 2. The van der Waals surface area contributed by atoms with E-state index < -0.39 is 0 Å². The van der Waals surface area contributed by atoms with Crippen molar-refractivity contribution in [2.24, 2.45) is 11.8 Å². The summed E-state index contributed by atoms with van der Waals surface area (Å²) >= 11 is 0. The van der Waals surface area contributed by atoms with Crippen molar-refractivity contribution in [2.75, 3.05) is 19.6 Å². The molecule has 2 nitrogen and oxygen atoms in total. The van der Waals surface area contributed by atoms with E-state index in [2.05, 4.69) is 31.4 Å². The molecule has 0 saturated carbocycles. The lowest BCUT2D eigenvalue weighted by atomic mass is 9.93. The summed E-state index contributed by atoms with van der Waals surface area (Å²) in [5, 5.41) is 7.25. The minimum absolute atomic E-state index is 0.708. The molecular formula is C16H34N2. The average Bonchev–Trinajstić information content (AvgIpc) is 2.34. The lowest BCUT2D eigenvalue weighted by Gasteiger charge is -2.30. The second-order valence-corrected chi connectivity index (χ2v) is 6.48. The Kier molecular flexibility index (Phi) is 8.70. The van der Waals surface area contributed by atoms with Gasteiger partial charge in [-0.15, -0.1) is 0 Å². The highest BCUT2D eigenvalue weighted by molar-refractivity contribution is 4.79. The van der Waals surface area contributed by atoms with Crippen LogP contribution in [0.15, 0.2) is 0 Å². The van der Waals surface area contributed by atoms with Crippen LogP contribution in [0.25, 0.3) is 0 Å². The molecule has 2 heteroatoms. The first-order valence-electron chi connectivity index (χ1n) is 8.14. The minimum atomic E-state index is 0.708. The molecule has 2 atom stereocenters. The largest absolute Gasteiger partial charge is 0.315 e. The summed E-state index contributed by atoms with van der Waals surface area (Å²) in [4.78, 5) is 0. The summed E-state index contributed by atoms with van der Waals surface area (Å²) in [6, 6.07) is 0.708. The fourth-order valence-electron chi connectivity index (χ4n) is 2.80. The number of hydrogen-bond acceptors (Lipinski definition) is 2. The second kappa shape index (κ2) is 9.80. The fraction of sp³-hybridized carbons (Fsp3) is 1.00. The maximum Gasteiger partial charge on any atom is 0.0218 e. The molecule has 1 fully saturated rings. The summed E-state index contributed by atoms with van der Waals surface area (Å²) in [5.74, 6) is 1.72. The quantitative estimate of drug-likeness (QED) is 0.615. The Morgan fingerprint density at radius 3 is 2.67 bits per heavy atom. The molecule has 0 aromatic heterocycles. The number of rotatable bonds is 9. The van der Waals surface area contributed by atoms with Crippen LogP contribution in [0.4, 0.5) is 0 Å². The zero-order chi connectivity index (χ0) is 13.2. The average molecular weight is 254 g/mol. The van der Waals surface area contributed by atoms with E-state index in [1.807, 2.05) is 0 Å². The first kappa shape index (κ1) is 16.0. The topological polar surface area (TPSA) is 24.1 Å². The van der Waals surface area contributed by atoms with E-state index in [4.69, 9.17) is 0 Å². The minimum Gasteiger partial charge on any atom is -0.315 e. The summed E-state index contributed by atoms with van der Waals surface area (Å²) < 4.78 is 0. The van der Waals surface area contributed by atoms with Gasteiger partial charge in [-0.25, -0.2) is 0 Å². The van der Waals surface area contributed by atoms with Gasteiger partial charge in [-0.2, -0.15) is 0 Å². The lowest BCUT2D eigenvalue weighted by Crippen LogP contribution is -2.46. The molecule has 0 amide bonds. The highest BCUT2D eigenvalue weighted by atomic mass is 15.0. The van der Waals surface area contributed by atoms with Gasteiger partial charge in [0.2, 0.25) is 0 Å². The van der Waals surface area contributed by atoms with Gasteiger partial charge in [0.1, 0.15) is 0 Å². The molecule has 1 saturated heterocycles. The van der Waals surface area contributed by atoms with E-state index in [1.54, 1.807) is 0 Å². The maximum absolute atomic E-state index is 3.63. The molecule has 2 N–H and O–H groups in total. The first-order chi connectivity index (χ1) is 8.70. The van der Waals surface area contributed by atoms with Crippen LogP contribution in [0.2, 0.25) is 0 Å². The van der Waals surface area contributed by atoms with E-state index >= 15 is 0 Å². The SMILES string of the molecule is CC(C)CCCCCCNCC1NCCCC1C. The monoisotopic (exact) mass is 254 g/mol. The van der Waals surface area contributed by atoms with Gasteiger partial charge in [0.05, 0.1) is 0 Å². The number of piperidine rings is 1. The van der Waals surface area contributed by atoms with Crippen LogP contribution in [0.3, 0.4) is 0 Å². The third-order valence-electron chi connectivity index (χ3n) is 4.18. The van der Waals surface area contributed by atoms with E-state index in [-0.39, 0.29) is 0 Å². The third kappa shape index (κ3) is 7.38. The standard InChI is InChI=1S/C16H34N2/c1-14(2)9-6-4-5-7-11-17-13-16-15(3)10-8-12-18-16/h14-18H,4-13H2,1-3H3. The van der Waals surface area contributed by atoms with Gasteiger partial charge in [0.25, 0.3) is 0 Å². The van der Waals surface area contributed by atoms with Crippen LogP contribution in [0.1, 0.15) is 65.7 Å². The molecule has 0 radical (unpaired) electrons. The molecule has 0 bridgehead atoms. The molecule has 1 aliphatic rings. The molecule has 18 heavy (non-hydrogen) atoms. The van der Waals surface area contributed by atoms with Crippen molar-refractivity contribution in [3.63, 3.8) is 0 Å². The predicted molar refractivity (Wildman–Crippen MR) is 81.0 cm³/mol. The molecule has 2 unspecified atom stereocenters. The number of nitrogens with one attached hydrogen (secondary N) is 2. The summed E-state index contributed by atoms with van der Waals surface area (Å²) in [6.45, 7) is 10.6. The highest BCUT2D eigenvalue weighted by Crippen LogP contribution is 2.14. The van der Waals surface area contributed by atoms with Gasteiger partial charge in [0.15, 0.2) is 0 Å². The van der Waals surface area contributed by atoms with Gasteiger partial charge < -0.3 is 10.6 Å². The Hall–Kier alpha value is -0.0800. The smallest absolute Gasteiger partial charge is 0.0218 e. The Labute approximate surface area is 114 Å². The Morgan fingerprint density at radius 2 is 1.94 bits per heavy atom. The van der Waals surface area contributed by atoms with E-state index in [0.29, 0.717) is 6.04 Å². The van der Waals surface area contributed by atoms with Crippen LogP contribution < -0.4 is 10.6 Å². The normalized spacial score (nSPS) is 24.7.